The Balaban J connectivity index is 2.12. The summed E-state index contributed by atoms with van der Waals surface area (Å²) in [6.07, 6.45) is -1.21. The molecule has 0 saturated carbocycles. The minimum atomic E-state index is -1.32. The first-order chi connectivity index (χ1) is 11.5. The lowest BCUT2D eigenvalue weighted by molar-refractivity contribution is -0.121. The van der Waals surface area contributed by atoms with Crippen molar-refractivity contribution in [1.29, 1.82) is 0 Å². The number of hydrogen-bond acceptors (Lipinski definition) is 4. The predicted octanol–water partition coefficient (Wildman–Crippen LogP) is 3.17. The molecule has 2 atom stereocenters. The van der Waals surface area contributed by atoms with Gasteiger partial charge in [0.15, 0.2) is 4.84 Å². The highest BCUT2D eigenvalue weighted by Crippen LogP contribution is 2.29. The molecule has 4 N–H and O–H groups in total. The van der Waals surface area contributed by atoms with Gasteiger partial charge in [-0.3, -0.25) is 4.79 Å². The Labute approximate surface area is 153 Å². The van der Waals surface area contributed by atoms with Crippen LogP contribution in [0.2, 0.25) is 0 Å². The number of hydrogen-bond donors (Lipinski definition) is 3. The quantitative estimate of drug-likeness (QED) is 0.635. The fourth-order valence-corrected chi connectivity index (χ4v) is 3.19. The number of rotatable bonds is 7. The van der Waals surface area contributed by atoms with Gasteiger partial charge in [-0.15, -0.1) is 11.3 Å². The van der Waals surface area contributed by atoms with E-state index in [0.29, 0.717) is 12.1 Å². The number of nitrogens with two attached hydrogens (primary N) is 1. The number of nitrogens with one attached hydrogen (secondary N) is 1. The molecule has 1 amide bonds. The van der Waals surface area contributed by atoms with Crippen molar-refractivity contribution in [1.82, 2.24) is 5.32 Å². The summed E-state index contributed by atoms with van der Waals surface area (Å²) in [6, 6.07) is 9.86. The van der Waals surface area contributed by atoms with Gasteiger partial charge in [0, 0.05) is 16.3 Å². The Morgan fingerprint density at radius 1 is 1.25 bits per heavy atom. The minimum Gasteiger partial charge on any atom is -0.386 e. The zero-order valence-electron chi connectivity index (χ0n) is 12.6. The summed E-state index contributed by atoms with van der Waals surface area (Å²) >= 11 is 12.4. The van der Waals surface area contributed by atoms with Gasteiger partial charge in [-0.1, -0.05) is 47.5 Å². The van der Waals surface area contributed by atoms with Crippen molar-refractivity contribution in [2.75, 3.05) is 6.67 Å². The van der Waals surface area contributed by atoms with Crippen LogP contribution in [0.1, 0.15) is 16.5 Å². The molecule has 0 bridgehead atoms. The van der Waals surface area contributed by atoms with Crippen LogP contribution in [0.4, 0.5) is 4.39 Å². The van der Waals surface area contributed by atoms with Crippen molar-refractivity contribution in [3.05, 3.63) is 46.8 Å². The maximum absolute atomic E-state index is 13.1. The lowest BCUT2D eigenvalue weighted by Gasteiger charge is -2.22. The van der Waals surface area contributed by atoms with Gasteiger partial charge in [0.1, 0.15) is 12.8 Å². The van der Waals surface area contributed by atoms with Crippen LogP contribution in [0.3, 0.4) is 0 Å². The Bertz CT molecular complexity index is 679. The van der Waals surface area contributed by atoms with Gasteiger partial charge < -0.3 is 16.2 Å². The van der Waals surface area contributed by atoms with E-state index in [1.165, 1.54) is 0 Å². The van der Waals surface area contributed by atoms with E-state index in [9.17, 15) is 14.3 Å². The topological polar surface area (TPSA) is 75.3 Å². The number of benzene rings is 1. The van der Waals surface area contributed by atoms with Crippen molar-refractivity contribution >= 4 is 40.4 Å². The SMILES string of the molecule is NCc1ccc(-c2ccc([C@@H](O)[C@@H](CF)NC(=O)C(Cl)Cl)cc2)s1. The molecule has 0 radical (unpaired) electrons. The molecule has 2 aromatic rings. The van der Waals surface area contributed by atoms with Gasteiger partial charge >= 0.3 is 0 Å². The maximum Gasteiger partial charge on any atom is 0.253 e. The summed E-state index contributed by atoms with van der Waals surface area (Å²) in [4.78, 5) is 12.3. The summed E-state index contributed by atoms with van der Waals surface area (Å²) in [5.74, 6) is -0.746. The molecule has 0 aliphatic rings. The second kappa shape index (κ2) is 8.78. The number of carbonyl (C=O) groups excluding carboxylic acids is 1. The molecular formula is C16H17Cl2FN2O2S. The Morgan fingerprint density at radius 3 is 2.42 bits per heavy atom. The van der Waals surface area contributed by atoms with E-state index in [2.05, 4.69) is 5.32 Å². The fourth-order valence-electron chi connectivity index (χ4n) is 2.17. The molecule has 0 fully saturated rings. The van der Waals surface area contributed by atoms with Gasteiger partial charge in [-0.05, 0) is 23.3 Å². The molecule has 0 aliphatic carbocycles. The van der Waals surface area contributed by atoms with Crippen molar-refractivity contribution in [3.8, 4) is 10.4 Å². The van der Waals surface area contributed by atoms with Crippen molar-refractivity contribution in [3.63, 3.8) is 0 Å². The van der Waals surface area contributed by atoms with E-state index in [1.807, 2.05) is 24.3 Å². The molecule has 8 heteroatoms. The van der Waals surface area contributed by atoms with Gasteiger partial charge in [0.05, 0.1) is 6.04 Å². The highest BCUT2D eigenvalue weighted by molar-refractivity contribution is 7.15. The molecule has 130 valence electrons. The standard InChI is InChI=1S/C16H17Cl2FN2O2S/c17-15(18)16(23)21-12(7-19)14(22)10-3-1-9(2-4-10)13-6-5-11(8-20)24-13/h1-6,12,14-15,22H,7-8,20H2,(H,21,23)/t12-,14-/m1/s1. The predicted molar refractivity (Wildman–Crippen MR) is 96.0 cm³/mol. The van der Waals surface area contributed by atoms with Gasteiger partial charge in [0.25, 0.3) is 5.91 Å². The first-order valence-electron chi connectivity index (χ1n) is 7.18. The number of halogens is 3. The van der Waals surface area contributed by atoms with Crippen LogP contribution in [0.5, 0.6) is 0 Å². The minimum absolute atomic E-state index is 0.484. The third-order valence-electron chi connectivity index (χ3n) is 3.47. The smallest absolute Gasteiger partial charge is 0.253 e. The van der Waals surface area contributed by atoms with Gasteiger partial charge in [-0.2, -0.15) is 0 Å². The number of aliphatic hydroxyl groups excluding tert-OH is 1. The molecule has 1 heterocycles. The molecule has 2 rings (SSSR count). The van der Waals surface area contributed by atoms with E-state index in [0.717, 1.165) is 15.3 Å². The van der Waals surface area contributed by atoms with E-state index < -0.39 is 29.6 Å². The summed E-state index contributed by atoms with van der Waals surface area (Å²) < 4.78 is 13.1. The first-order valence-corrected chi connectivity index (χ1v) is 8.87. The van der Waals surface area contributed by atoms with E-state index in [1.54, 1.807) is 23.5 Å². The van der Waals surface area contributed by atoms with Crippen molar-refractivity contribution in [2.24, 2.45) is 5.73 Å². The normalized spacial score (nSPS) is 13.8. The zero-order chi connectivity index (χ0) is 17.7. The first kappa shape index (κ1) is 19.1. The highest BCUT2D eigenvalue weighted by Gasteiger charge is 2.25. The molecule has 24 heavy (non-hydrogen) atoms. The summed E-state index contributed by atoms with van der Waals surface area (Å²) in [5.41, 5.74) is 7.06. The average molecular weight is 391 g/mol. The average Bonchev–Trinajstić information content (AvgIpc) is 3.08. The molecule has 4 nitrogen and oxygen atoms in total. The molecule has 1 aromatic carbocycles. The number of alkyl halides is 3. The van der Waals surface area contributed by atoms with Crippen LogP contribution in [-0.4, -0.2) is 28.6 Å². The summed E-state index contributed by atoms with van der Waals surface area (Å²) in [6.45, 7) is -0.457. The lowest BCUT2D eigenvalue weighted by Crippen LogP contribution is -2.43. The molecular weight excluding hydrogens is 374 g/mol. The van der Waals surface area contributed by atoms with Crippen LogP contribution in [-0.2, 0) is 11.3 Å². The Kier molecular flexibility index (Phi) is 7.01. The highest BCUT2D eigenvalue weighted by atomic mass is 35.5. The second-order valence-corrected chi connectivity index (χ2v) is 7.37. The Hall–Kier alpha value is -1.18. The van der Waals surface area contributed by atoms with Crippen LogP contribution < -0.4 is 11.1 Å². The number of thiophene rings is 1. The number of carbonyl (C=O) groups is 1. The Morgan fingerprint density at radius 2 is 1.92 bits per heavy atom. The molecule has 0 aliphatic heterocycles. The van der Waals surface area contributed by atoms with E-state index >= 15 is 0 Å². The third-order valence-corrected chi connectivity index (χ3v) is 5.03. The zero-order valence-corrected chi connectivity index (χ0v) is 14.9. The number of amides is 1. The summed E-state index contributed by atoms with van der Waals surface area (Å²) in [5, 5.41) is 12.5. The molecule has 0 spiro atoms. The van der Waals surface area contributed by atoms with Crippen LogP contribution >= 0.6 is 34.5 Å². The van der Waals surface area contributed by atoms with Crippen LogP contribution in [0.15, 0.2) is 36.4 Å². The summed E-state index contributed by atoms with van der Waals surface area (Å²) in [7, 11) is 0. The monoisotopic (exact) mass is 390 g/mol. The van der Waals surface area contributed by atoms with Crippen molar-refractivity contribution < 1.29 is 14.3 Å². The molecule has 0 unspecified atom stereocenters. The van der Waals surface area contributed by atoms with Crippen LogP contribution in [0, 0.1) is 0 Å². The fraction of sp³-hybridized carbons (Fsp3) is 0.312. The molecule has 0 saturated heterocycles. The van der Waals surface area contributed by atoms with Crippen LogP contribution in [0.25, 0.3) is 10.4 Å². The second-order valence-electron chi connectivity index (χ2n) is 5.11. The molecule has 1 aromatic heterocycles. The van der Waals surface area contributed by atoms with E-state index in [4.69, 9.17) is 28.9 Å². The number of aliphatic hydroxyl groups is 1. The van der Waals surface area contributed by atoms with E-state index in [-0.39, 0.29) is 0 Å². The third kappa shape index (κ3) is 4.68. The largest absolute Gasteiger partial charge is 0.386 e. The van der Waals surface area contributed by atoms with Gasteiger partial charge in [-0.25, -0.2) is 4.39 Å². The lowest BCUT2D eigenvalue weighted by atomic mass is 10.0. The maximum atomic E-state index is 13.1. The van der Waals surface area contributed by atoms with Gasteiger partial charge in [0.2, 0.25) is 0 Å². The van der Waals surface area contributed by atoms with Crippen molar-refractivity contribution in [2.45, 2.75) is 23.5 Å².